The summed E-state index contributed by atoms with van der Waals surface area (Å²) < 4.78 is 5.69. The molecule has 2 heterocycles. The zero-order valence-corrected chi connectivity index (χ0v) is 12.6. The van der Waals surface area contributed by atoms with Gasteiger partial charge in [0.15, 0.2) is 11.3 Å². The molecule has 0 aromatic carbocycles. The van der Waals surface area contributed by atoms with Crippen LogP contribution in [0.5, 0.6) is 0 Å². The topological polar surface area (TPSA) is 94.4 Å². The Morgan fingerprint density at radius 1 is 1.40 bits per heavy atom. The van der Waals surface area contributed by atoms with Gasteiger partial charge in [-0.1, -0.05) is 11.8 Å². The van der Waals surface area contributed by atoms with Gasteiger partial charge in [0.2, 0.25) is 0 Å². The van der Waals surface area contributed by atoms with Crippen LogP contribution in [0.4, 0.5) is 0 Å². The van der Waals surface area contributed by atoms with Crippen LogP contribution in [0.25, 0.3) is 0 Å². The van der Waals surface area contributed by atoms with Gasteiger partial charge in [-0.3, -0.25) is 9.79 Å². The molecule has 114 valence electrons. The van der Waals surface area contributed by atoms with Crippen LogP contribution in [0.15, 0.2) is 4.99 Å². The Balaban J connectivity index is 2.15. The van der Waals surface area contributed by atoms with E-state index >= 15 is 0 Å². The van der Waals surface area contributed by atoms with Gasteiger partial charge in [-0.05, 0) is 13.8 Å². The van der Waals surface area contributed by atoms with Crippen molar-refractivity contribution in [3.8, 4) is 0 Å². The summed E-state index contributed by atoms with van der Waals surface area (Å²) in [7, 11) is 1.63. The predicted octanol–water partition coefficient (Wildman–Crippen LogP) is -1.01. The first-order valence-electron chi connectivity index (χ1n) is 6.73. The van der Waals surface area contributed by atoms with Gasteiger partial charge in [-0.25, -0.2) is 0 Å². The molecule has 1 amide bonds. The average molecular weight is 303 g/mol. The highest BCUT2D eigenvalue weighted by Crippen LogP contribution is 2.34. The molecule has 2 rings (SSSR count). The van der Waals surface area contributed by atoms with Crippen molar-refractivity contribution < 1.29 is 19.7 Å². The van der Waals surface area contributed by atoms with E-state index in [9.17, 15) is 15.0 Å². The highest BCUT2D eigenvalue weighted by molar-refractivity contribution is 8.14. The highest BCUT2D eigenvalue weighted by atomic mass is 32.2. The number of likely N-dealkylation sites (N-methyl/N-ethyl adjacent to an activating group) is 1. The van der Waals surface area contributed by atoms with E-state index in [-0.39, 0.29) is 5.91 Å². The van der Waals surface area contributed by atoms with Crippen LogP contribution in [0.2, 0.25) is 0 Å². The number of carbonyl (C=O) groups is 1. The summed E-state index contributed by atoms with van der Waals surface area (Å²) in [6.07, 6.45) is -3.34. The molecule has 5 atom stereocenters. The van der Waals surface area contributed by atoms with Gasteiger partial charge in [-0.2, -0.15) is 0 Å². The van der Waals surface area contributed by atoms with Crippen molar-refractivity contribution in [3.05, 3.63) is 0 Å². The second-order valence-electron chi connectivity index (χ2n) is 4.73. The quantitative estimate of drug-likeness (QED) is 0.619. The Morgan fingerprint density at radius 2 is 2.05 bits per heavy atom. The number of carbonyl (C=O) groups excluding carboxylic acids is 1. The normalized spacial score (nSPS) is 38.5. The summed E-state index contributed by atoms with van der Waals surface area (Å²) in [6.45, 7) is 4.81. The largest absolute Gasteiger partial charge is 0.388 e. The smallest absolute Gasteiger partial charge is 0.254 e. The minimum absolute atomic E-state index is 0.289. The minimum atomic E-state index is -1.24. The van der Waals surface area contributed by atoms with Gasteiger partial charge in [0.1, 0.15) is 17.6 Å². The molecule has 0 spiro atoms. The standard InChI is InChI=1S/C12H21N3O4S/c1-4-15(5-2)10(18)9-8(17)7(16)6-11(19-9)20-12(13-3)14-6/h6-9,11,16-17H,4-5H2,1-3H3,(H,13,14). The summed E-state index contributed by atoms with van der Waals surface area (Å²) in [5.74, 6) is -0.289. The van der Waals surface area contributed by atoms with Crippen molar-refractivity contribution in [3.63, 3.8) is 0 Å². The Kier molecular flexibility index (Phi) is 4.90. The summed E-state index contributed by atoms with van der Waals surface area (Å²) in [6, 6.07) is -0.450. The number of ether oxygens (including phenoxy) is 1. The van der Waals surface area contributed by atoms with E-state index in [1.165, 1.54) is 11.8 Å². The zero-order valence-electron chi connectivity index (χ0n) is 11.8. The maximum absolute atomic E-state index is 12.3. The molecule has 0 radical (unpaired) electrons. The number of hydrogen-bond donors (Lipinski definition) is 3. The summed E-state index contributed by atoms with van der Waals surface area (Å²) in [5.41, 5.74) is -0.420. The number of aliphatic imine (C=N–C) groups is 1. The van der Waals surface area contributed by atoms with Crippen molar-refractivity contribution >= 4 is 22.8 Å². The molecule has 0 bridgehead atoms. The first-order valence-corrected chi connectivity index (χ1v) is 7.61. The Bertz CT molecular complexity index is 402. The van der Waals surface area contributed by atoms with Crippen molar-refractivity contribution in [2.24, 2.45) is 4.99 Å². The van der Waals surface area contributed by atoms with Gasteiger partial charge in [0.05, 0.1) is 6.04 Å². The molecule has 0 aromatic heterocycles. The lowest BCUT2D eigenvalue weighted by Gasteiger charge is -2.39. The van der Waals surface area contributed by atoms with E-state index in [1.807, 2.05) is 13.8 Å². The summed E-state index contributed by atoms with van der Waals surface area (Å²) in [5, 5.41) is 24.0. The van der Waals surface area contributed by atoms with E-state index in [0.29, 0.717) is 18.3 Å². The molecule has 0 saturated carbocycles. The lowest BCUT2D eigenvalue weighted by Crippen LogP contribution is -2.62. The Labute approximate surface area is 122 Å². The second-order valence-corrected chi connectivity index (χ2v) is 5.82. The van der Waals surface area contributed by atoms with Crippen LogP contribution in [-0.2, 0) is 9.53 Å². The molecular weight excluding hydrogens is 282 g/mol. The van der Waals surface area contributed by atoms with Crippen LogP contribution in [0, 0.1) is 0 Å². The van der Waals surface area contributed by atoms with Crippen molar-refractivity contribution in [2.45, 2.75) is 43.6 Å². The van der Waals surface area contributed by atoms with Crippen molar-refractivity contribution in [1.82, 2.24) is 10.2 Å². The number of aliphatic hydroxyl groups is 2. The molecule has 8 heteroatoms. The second kappa shape index (κ2) is 6.30. The predicted molar refractivity (Wildman–Crippen MR) is 76.5 cm³/mol. The molecular formula is C12H21N3O4S. The molecule has 7 nitrogen and oxygen atoms in total. The van der Waals surface area contributed by atoms with Crippen LogP contribution in [0.3, 0.4) is 0 Å². The third-order valence-corrected chi connectivity index (χ3v) is 4.80. The molecule has 0 aromatic rings. The molecule has 3 N–H and O–H groups in total. The van der Waals surface area contributed by atoms with Gasteiger partial charge >= 0.3 is 0 Å². The van der Waals surface area contributed by atoms with E-state index in [4.69, 9.17) is 4.74 Å². The number of nitrogens with one attached hydrogen (secondary N) is 1. The SMILES string of the molecule is CCN(CC)C(=O)C1OC2SC(=NC)NC2C(O)C1O. The van der Waals surface area contributed by atoms with Crippen LogP contribution < -0.4 is 5.32 Å². The van der Waals surface area contributed by atoms with Crippen LogP contribution in [-0.4, -0.2) is 76.1 Å². The number of nitrogens with zero attached hydrogens (tertiary/aromatic N) is 2. The molecule has 0 aliphatic carbocycles. The number of amides is 1. The van der Waals surface area contributed by atoms with Gasteiger partial charge in [-0.15, -0.1) is 0 Å². The number of amidine groups is 1. The number of fused-ring (bicyclic) bond motifs is 1. The molecule has 2 aliphatic rings. The van der Waals surface area contributed by atoms with Crippen molar-refractivity contribution in [2.75, 3.05) is 20.1 Å². The van der Waals surface area contributed by atoms with E-state index in [2.05, 4.69) is 10.3 Å². The number of aliphatic hydroxyl groups excluding tert-OH is 2. The Morgan fingerprint density at radius 3 is 2.60 bits per heavy atom. The Hall–Kier alpha value is -0.830. The summed E-state index contributed by atoms with van der Waals surface area (Å²) in [4.78, 5) is 17.9. The van der Waals surface area contributed by atoms with Gasteiger partial charge < -0.3 is 25.2 Å². The van der Waals surface area contributed by atoms with Gasteiger partial charge in [0, 0.05) is 20.1 Å². The monoisotopic (exact) mass is 303 g/mol. The molecule has 2 saturated heterocycles. The fourth-order valence-electron chi connectivity index (χ4n) is 2.44. The van der Waals surface area contributed by atoms with E-state index < -0.39 is 29.8 Å². The summed E-state index contributed by atoms with van der Waals surface area (Å²) >= 11 is 1.32. The van der Waals surface area contributed by atoms with E-state index in [1.54, 1.807) is 11.9 Å². The zero-order chi connectivity index (χ0) is 14.9. The number of rotatable bonds is 3. The lowest BCUT2D eigenvalue weighted by atomic mass is 9.97. The molecule has 20 heavy (non-hydrogen) atoms. The minimum Gasteiger partial charge on any atom is -0.388 e. The lowest BCUT2D eigenvalue weighted by molar-refractivity contribution is -0.180. The fourth-order valence-corrected chi connectivity index (χ4v) is 3.52. The third-order valence-electron chi connectivity index (χ3n) is 3.64. The number of hydrogen-bond acceptors (Lipinski definition) is 6. The average Bonchev–Trinajstić information content (AvgIpc) is 2.87. The number of thioether (sulfide) groups is 1. The third kappa shape index (κ3) is 2.65. The first kappa shape index (κ1) is 15.6. The first-order chi connectivity index (χ1) is 9.53. The molecule has 2 aliphatic heterocycles. The molecule has 2 fully saturated rings. The van der Waals surface area contributed by atoms with Gasteiger partial charge in [0.25, 0.3) is 5.91 Å². The fraction of sp³-hybridized carbons (Fsp3) is 0.833. The van der Waals surface area contributed by atoms with E-state index in [0.717, 1.165) is 0 Å². The maximum atomic E-state index is 12.3. The maximum Gasteiger partial charge on any atom is 0.254 e. The van der Waals surface area contributed by atoms with Crippen LogP contribution >= 0.6 is 11.8 Å². The highest BCUT2D eigenvalue weighted by Gasteiger charge is 2.51. The molecule has 5 unspecified atom stereocenters. The van der Waals surface area contributed by atoms with Crippen LogP contribution in [0.1, 0.15) is 13.8 Å². The van der Waals surface area contributed by atoms with Crippen molar-refractivity contribution in [1.29, 1.82) is 0 Å².